The van der Waals surface area contributed by atoms with Gasteiger partial charge >= 0.3 is 18.3 Å². The molecule has 0 spiro atoms. The smallest absolute Gasteiger partial charge is 0.416 e. The molecule has 3 aromatic carbocycles. The molecule has 0 bridgehead atoms. The van der Waals surface area contributed by atoms with Crippen LogP contribution in [0.15, 0.2) is 72.8 Å². The first-order valence-electron chi connectivity index (χ1n) is 12.9. The number of ether oxygens (including phenoxy) is 1. The number of aryl methyl sites for hydroxylation is 1. The van der Waals surface area contributed by atoms with E-state index in [4.69, 9.17) is 4.74 Å². The minimum absolute atomic E-state index is 0.00129. The number of nitrogens with one attached hydrogen (secondary N) is 3. The number of benzene rings is 3. The van der Waals surface area contributed by atoms with Crippen LogP contribution in [0.5, 0.6) is 0 Å². The van der Waals surface area contributed by atoms with E-state index in [2.05, 4.69) is 30.9 Å². The van der Waals surface area contributed by atoms with Crippen molar-refractivity contribution in [2.75, 3.05) is 22.6 Å². The summed E-state index contributed by atoms with van der Waals surface area (Å²) in [6, 6.07) is 15.2. The molecule has 4 aromatic rings. The Balaban J connectivity index is 1.72. The number of hydrogen-bond acceptors (Lipinski definition) is 8. The predicted molar refractivity (Wildman–Crippen MR) is 148 cm³/mol. The van der Waals surface area contributed by atoms with Crippen molar-refractivity contribution in [2.45, 2.75) is 38.7 Å². The van der Waals surface area contributed by atoms with E-state index in [-0.39, 0.29) is 42.2 Å². The molecule has 1 heterocycles. The van der Waals surface area contributed by atoms with Crippen LogP contribution in [-0.4, -0.2) is 27.5 Å². The molecule has 14 heteroatoms. The quantitative estimate of drug-likeness (QED) is 0.125. The van der Waals surface area contributed by atoms with Crippen LogP contribution < -0.4 is 16.0 Å². The van der Waals surface area contributed by atoms with Gasteiger partial charge in [0.25, 0.3) is 0 Å². The minimum Gasteiger partial charge on any atom is -0.466 e. The molecule has 226 valence electrons. The van der Waals surface area contributed by atoms with Crippen LogP contribution >= 0.6 is 0 Å². The summed E-state index contributed by atoms with van der Waals surface area (Å²) in [5.41, 5.74) is -0.183. The third kappa shape index (κ3) is 8.80. The Morgan fingerprint density at radius 3 is 1.72 bits per heavy atom. The van der Waals surface area contributed by atoms with Crippen LogP contribution in [0, 0.1) is 6.92 Å². The van der Waals surface area contributed by atoms with E-state index >= 15 is 0 Å². The van der Waals surface area contributed by atoms with Crippen molar-refractivity contribution >= 4 is 35.2 Å². The molecule has 0 saturated heterocycles. The fourth-order valence-electron chi connectivity index (χ4n) is 3.95. The molecule has 1 aromatic heterocycles. The lowest BCUT2D eigenvalue weighted by atomic mass is 10.0. The molecule has 0 fully saturated rings. The first-order valence-corrected chi connectivity index (χ1v) is 12.9. The van der Waals surface area contributed by atoms with Gasteiger partial charge in [-0.2, -0.15) is 41.3 Å². The molecule has 8 nitrogen and oxygen atoms in total. The molecule has 43 heavy (non-hydrogen) atoms. The topological polar surface area (TPSA) is 101 Å². The first kappa shape index (κ1) is 31.1. The van der Waals surface area contributed by atoms with Crippen LogP contribution in [0.1, 0.15) is 41.6 Å². The zero-order valence-corrected chi connectivity index (χ0v) is 22.8. The van der Waals surface area contributed by atoms with Gasteiger partial charge in [-0.05, 0) is 55.8 Å². The zero-order valence-electron chi connectivity index (χ0n) is 22.8. The molecule has 1 atom stereocenters. The van der Waals surface area contributed by atoms with Gasteiger partial charge in [0, 0.05) is 11.4 Å². The van der Waals surface area contributed by atoms with Gasteiger partial charge in [0.15, 0.2) is 0 Å². The summed E-state index contributed by atoms with van der Waals surface area (Å²) in [5.74, 6) is -1.07. The largest absolute Gasteiger partial charge is 0.466 e. The number of anilines is 5. The van der Waals surface area contributed by atoms with Gasteiger partial charge in [-0.1, -0.05) is 42.0 Å². The fraction of sp³-hybridized carbons (Fsp3) is 0.241. The SMILES string of the molecule is CCOC(=O)C[C@@H](Nc1nc(Nc2cccc(C(F)(F)F)c2)nc(Nc2cccc(C(F)(F)F)c2)n1)c1ccc(C)cc1. The van der Waals surface area contributed by atoms with Crippen molar-refractivity contribution in [3.63, 3.8) is 0 Å². The molecule has 0 aliphatic carbocycles. The van der Waals surface area contributed by atoms with Gasteiger partial charge in [0.1, 0.15) is 0 Å². The number of rotatable bonds is 10. The second-order valence-corrected chi connectivity index (χ2v) is 9.33. The Bertz CT molecular complexity index is 1480. The monoisotopic (exact) mass is 604 g/mol. The van der Waals surface area contributed by atoms with Crippen molar-refractivity contribution in [1.29, 1.82) is 0 Å². The Morgan fingerprint density at radius 1 is 0.767 bits per heavy atom. The van der Waals surface area contributed by atoms with Gasteiger partial charge in [-0.15, -0.1) is 0 Å². The third-order valence-corrected chi connectivity index (χ3v) is 5.99. The molecular weight excluding hydrogens is 578 g/mol. The normalized spacial score (nSPS) is 12.4. The average Bonchev–Trinajstić information content (AvgIpc) is 2.92. The van der Waals surface area contributed by atoms with E-state index in [9.17, 15) is 31.1 Å². The van der Waals surface area contributed by atoms with Crippen LogP contribution in [0.2, 0.25) is 0 Å². The van der Waals surface area contributed by atoms with E-state index in [1.54, 1.807) is 19.1 Å². The third-order valence-electron chi connectivity index (χ3n) is 5.99. The predicted octanol–water partition coefficient (Wildman–Crippen LogP) is 7.81. The summed E-state index contributed by atoms with van der Waals surface area (Å²) >= 11 is 0. The Morgan fingerprint density at radius 2 is 1.26 bits per heavy atom. The molecular formula is C29H26F6N6O2. The second-order valence-electron chi connectivity index (χ2n) is 9.33. The summed E-state index contributed by atoms with van der Waals surface area (Å²) in [4.78, 5) is 25.1. The summed E-state index contributed by atoms with van der Waals surface area (Å²) in [5, 5.41) is 8.40. The molecule has 0 aliphatic heterocycles. The highest BCUT2D eigenvalue weighted by Crippen LogP contribution is 2.33. The first-order chi connectivity index (χ1) is 20.3. The fourth-order valence-corrected chi connectivity index (χ4v) is 3.95. The number of halogens is 6. The molecule has 3 N–H and O–H groups in total. The number of esters is 1. The lowest BCUT2D eigenvalue weighted by Crippen LogP contribution is -2.19. The number of alkyl halides is 6. The number of aromatic nitrogens is 3. The van der Waals surface area contributed by atoms with Gasteiger partial charge < -0.3 is 20.7 Å². The van der Waals surface area contributed by atoms with Crippen LogP contribution in [0.25, 0.3) is 0 Å². The van der Waals surface area contributed by atoms with Gasteiger partial charge in [-0.3, -0.25) is 4.79 Å². The molecule has 0 radical (unpaired) electrons. The molecule has 4 rings (SSSR count). The maximum absolute atomic E-state index is 13.3. The van der Waals surface area contributed by atoms with Gasteiger partial charge in [-0.25, -0.2) is 0 Å². The highest BCUT2D eigenvalue weighted by molar-refractivity contribution is 5.71. The Labute approximate surface area is 242 Å². The van der Waals surface area contributed by atoms with Crippen LogP contribution in [-0.2, 0) is 21.9 Å². The van der Waals surface area contributed by atoms with E-state index in [0.717, 1.165) is 29.8 Å². The second kappa shape index (κ2) is 13.0. The Kier molecular flexibility index (Phi) is 9.37. The zero-order chi connectivity index (χ0) is 31.2. The summed E-state index contributed by atoms with van der Waals surface area (Å²) in [6.45, 7) is 3.71. The van der Waals surface area contributed by atoms with Crippen molar-refractivity contribution in [1.82, 2.24) is 15.0 Å². The summed E-state index contributed by atoms with van der Waals surface area (Å²) in [6.07, 6.45) is -9.34. The maximum Gasteiger partial charge on any atom is 0.416 e. The molecule has 0 unspecified atom stereocenters. The maximum atomic E-state index is 13.3. The van der Waals surface area contributed by atoms with Crippen molar-refractivity contribution in [3.05, 3.63) is 95.1 Å². The molecule has 0 saturated carbocycles. The van der Waals surface area contributed by atoms with Crippen LogP contribution in [0.4, 0.5) is 55.6 Å². The van der Waals surface area contributed by atoms with E-state index in [1.165, 1.54) is 24.3 Å². The summed E-state index contributed by atoms with van der Waals surface area (Å²) in [7, 11) is 0. The van der Waals surface area contributed by atoms with Crippen molar-refractivity contribution < 1.29 is 35.9 Å². The lowest BCUT2D eigenvalue weighted by Gasteiger charge is -2.20. The molecule has 0 aliphatic rings. The van der Waals surface area contributed by atoms with E-state index in [1.807, 2.05) is 19.1 Å². The van der Waals surface area contributed by atoms with E-state index in [0.29, 0.717) is 5.56 Å². The highest BCUT2D eigenvalue weighted by atomic mass is 19.4. The average molecular weight is 605 g/mol. The summed E-state index contributed by atoms with van der Waals surface area (Å²) < 4.78 is 84.8. The minimum atomic E-state index is -4.60. The highest BCUT2D eigenvalue weighted by Gasteiger charge is 2.31. The van der Waals surface area contributed by atoms with Crippen molar-refractivity contribution in [2.24, 2.45) is 0 Å². The number of nitrogens with zero attached hydrogens (tertiary/aromatic N) is 3. The number of carbonyl (C=O) groups is 1. The number of carbonyl (C=O) groups excluding carboxylic acids is 1. The van der Waals surface area contributed by atoms with Crippen molar-refractivity contribution in [3.8, 4) is 0 Å². The lowest BCUT2D eigenvalue weighted by molar-refractivity contribution is -0.143. The number of hydrogen-bond donors (Lipinski definition) is 3. The standard InChI is InChI=1S/C29H26F6N6O2/c1-3-43-24(42)16-23(18-12-10-17(2)11-13-18)38-27-40-25(36-21-8-4-6-19(14-21)28(30,31)32)39-26(41-27)37-22-9-5-7-20(15-22)29(33,34)35/h4-15,23H,3,16H2,1-2H3,(H3,36,37,38,39,40,41)/t23-/m1/s1. The van der Waals surface area contributed by atoms with Gasteiger partial charge in [0.05, 0.1) is 30.2 Å². The van der Waals surface area contributed by atoms with Gasteiger partial charge in [0.2, 0.25) is 17.8 Å². The van der Waals surface area contributed by atoms with E-state index < -0.39 is 35.5 Å². The Hall–Kier alpha value is -4.88. The molecule has 0 amide bonds. The van der Waals surface area contributed by atoms with Crippen LogP contribution in [0.3, 0.4) is 0 Å².